The van der Waals surface area contributed by atoms with E-state index < -0.39 is 4.92 Å². The minimum absolute atomic E-state index is 0.0966. The number of carbonyl (C=O) groups excluding carboxylic acids is 2. The average molecular weight is 417 g/mol. The van der Waals surface area contributed by atoms with Crippen LogP contribution in [0, 0.1) is 23.0 Å². The first kappa shape index (κ1) is 20.9. The standard InChI is InChI=1S/C20H24N4O4S/c1-14-7-8-16(11-17(14)24(27)28)19(26)23(12-15-5-3-2-4-6-15)13-18(25)22-20-21-9-10-29-20/h7-11,15H,2-6,12-13H2,1H3,(H,21,22,25). The van der Waals surface area contributed by atoms with Gasteiger partial charge in [-0.25, -0.2) is 4.98 Å². The number of benzene rings is 1. The molecule has 2 aromatic rings. The number of aryl methyl sites for hydroxylation is 1. The number of amides is 2. The van der Waals surface area contributed by atoms with Gasteiger partial charge in [0, 0.05) is 35.3 Å². The Morgan fingerprint density at radius 3 is 2.72 bits per heavy atom. The summed E-state index contributed by atoms with van der Waals surface area (Å²) in [4.78, 5) is 41.9. The van der Waals surface area contributed by atoms with Crippen LogP contribution in [0.4, 0.5) is 10.8 Å². The van der Waals surface area contributed by atoms with Gasteiger partial charge in [-0.05, 0) is 31.7 Å². The van der Waals surface area contributed by atoms with E-state index in [-0.39, 0.29) is 29.6 Å². The Kier molecular flexibility index (Phi) is 6.92. The van der Waals surface area contributed by atoms with Crippen molar-refractivity contribution < 1.29 is 14.5 Å². The predicted octanol–water partition coefficient (Wildman–Crippen LogP) is 4.02. The van der Waals surface area contributed by atoms with Crippen LogP contribution < -0.4 is 5.32 Å². The number of hydrogen-bond donors (Lipinski definition) is 1. The summed E-state index contributed by atoms with van der Waals surface area (Å²) >= 11 is 1.30. The number of nitro groups is 1. The summed E-state index contributed by atoms with van der Waals surface area (Å²) in [6, 6.07) is 4.45. The largest absolute Gasteiger partial charge is 0.329 e. The first-order valence-corrected chi connectivity index (χ1v) is 10.6. The van der Waals surface area contributed by atoms with Crippen LogP contribution in [0.3, 0.4) is 0 Å². The summed E-state index contributed by atoms with van der Waals surface area (Å²) < 4.78 is 0. The molecular weight excluding hydrogens is 392 g/mol. The first-order valence-electron chi connectivity index (χ1n) is 9.67. The van der Waals surface area contributed by atoms with Gasteiger partial charge in [0.15, 0.2) is 5.13 Å². The number of nitrogens with zero attached hydrogens (tertiary/aromatic N) is 3. The molecule has 0 bridgehead atoms. The maximum absolute atomic E-state index is 13.2. The molecule has 1 aliphatic carbocycles. The van der Waals surface area contributed by atoms with Crippen LogP contribution in [0.5, 0.6) is 0 Å². The van der Waals surface area contributed by atoms with Gasteiger partial charge in [-0.3, -0.25) is 19.7 Å². The molecule has 0 unspecified atom stereocenters. The zero-order valence-electron chi connectivity index (χ0n) is 16.3. The third-order valence-electron chi connectivity index (χ3n) is 5.16. The van der Waals surface area contributed by atoms with Crippen molar-refractivity contribution in [1.82, 2.24) is 9.88 Å². The van der Waals surface area contributed by atoms with Gasteiger partial charge in [-0.1, -0.05) is 25.3 Å². The van der Waals surface area contributed by atoms with Gasteiger partial charge >= 0.3 is 0 Å². The SMILES string of the molecule is Cc1ccc(C(=O)N(CC(=O)Nc2nccs2)CC2CCCCC2)cc1[N+](=O)[O-]. The zero-order chi connectivity index (χ0) is 20.8. The number of rotatable bonds is 7. The number of hydrogen-bond acceptors (Lipinski definition) is 6. The second-order valence-corrected chi connectivity index (χ2v) is 8.23. The van der Waals surface area contributed by atoms with E-state index in [1.165, 1.54) is 28.7 Å². The Labute approximate surface area is 173 Å². The topological polar surface area (TPSA) is 105 Å². The van der Waals surface area contributed by atoms with Crippen LogP contribution in [0.25, 0.3) is 0 Å². The highest BCUT2D eigenvalue weighted by molar-refractivity contribution is 7.13. The highest BCUT2D eigenvalue weighted by atomic mass is 32.1. The molecule has 9 heteroatoms. The van der Waals surface area contributed by atoms with E-state index in [0.717, 1.165) is 25.7 Å². The second-order valence-electron chi connectivity index (χ2n) is 7.33. The van der Waals surface area contributed by atoms with Crippen molar-refractivity contribution in [2.45, 2.75) is 39.0 Å². The summed E-state index contributed by atoms with van der Waals surface area (Å²) in [6.07, 6.45) is 7.07. The molecule has 0 radical (unpaired) electrons. The Bertz CT molecular complexity index is 879. The van der Waals surface area contributed by atoms with Gasteiger partial charge in [0.2, 0.25) is 5.91 Å². The predicted molar refractivity (Wildman–Crippen MR) is 111 cm³/mol. The van der Waals surface area contributed by atoms with Gasteiger partial charge in [0.05, 0.1) is 4.92 Å². The van der Waals surface area contributed by atoms with E-state index in [9.17, 15) is 19.7 Å². The van der Waals surface area contributed by atoms with Crippen molar-refractivity contribution in [3.05, 3.63) is 51.0 Å². The third kappa shape index (κ3) is 5.60. The molecule has 8 nitrogen and oxygen atoms in total. The van der Waals surface area contributed by atoms with Gasteiger partial charge < -0.3 is 10.2 Å². The molecule has 0 atom stereocenters. The maximum atomic E-state index is 13.2. The Balaban J connectivity index is 1.79. The summed E-state index contributed by atoms with van der Waals surface area (Å²) in [5, 5.41) is 16.2. The fourth-order valence-electron chi connectivity index (χ4n) is 3.64. The van der Waals surface area contributed by atoms with Crippen LogP contribution in [0.1, 0.15) is 48.0 Å². The summed E-state index contributed by atoms with van der Waals surface area (Å²) in [6.45, 7) is 1.98. The molecule has 1 aliphatic rings. The van der Waals surface area contributed by atoms with Crippen LogP contribution in [0.15, 0.2) is 29.8 Å². The summed E-state index contributed by atoms with van der Waals surface area (Å²) in [5.74, 6) is -0.362. The van der Waals surface area contributed by atoms with E-state index in [1.54, 1.807) is 30.6 Å². The number of aromatic nitrogens is 1. The van der Waals surface area contributed by atoms with E-state index in [4.69, 9.17) is 0 Å². The lowest BCUT2D eigenvalue weighted by Gasteiger charge is -2.29. The molecule has 3 rings (SSSR count). The number of nitro benzene ring substituents is 1. The number of nitrogens with one attached hydrogen (secondary N) is 1. The molecule has 1 aromatic heterocycles. The minimum Gasteiger partial charge on any atom is -0.329 e. The van der Waals surface area contributed by atoms with Gasteiger partial charge in [0.1, 0.15) is 6.54 Å². The fourth-order valence-corrected chi connectivity index (χ4v) is 4.18. The van der Waals surface area contributed by atoms with Crippen molar-refractivity contribution in [3.63, 3.8) is 0 Å². The Morgan fingerprint density at radius 2 is 2.07 bits per heavy atom. The lowest BCUT2D eigenvalue weighted by molar-refractivity contribution is -0.385. The van der Waals surface area contributed by atoms with Crippen molar-refractivity contribution in [3.8, 4) is 0 Å². The average Bonchev–Trinajstić information content (AvgIpc) is 3.20. The van der Waals surface area contributed by atoms with Crippen molar-refractivity contribution in [2.24, 2.45) is 5.92 Å². The smallest absolute Gasteiger partial charge is 0.273 e. The normalized spacial score (nSPS) is 14.4. The highest BCUT2D eigenvalue weighted by Crippen LogP contribution is 2.26. The molecule has 1 N–H and O–H groups in total. The Hall–Kier alpha value is -2.81. The van der Waals surface area contributed by atoms with Crippen molar-refractivity contribution in [1.29, 1.82) is 0 Å². The van der Waals surface area contributed by atoms with Gasteiger partial charge in [-0.2, -0.15) is 0 Å². The first-order chi connectivity index (χ1) is 13.9. The molecule has 29 heavy (non-hydrogen) atoms. The Morgan fingerprint density at radius 1 is 1.31 bits per heavy atom. The van der Waals surface area contributed by atoms with Crippen molar-refractivity contribution in [2.75, 3.05) is 18.4 Å². The summed E-state index contributed by atoms with van der Waals surface area (Å²) in [5.41, 5.74) is 0.618. The highest BCUT2D eigenvalue weighted by Gasteiger charge is 2.25. The van der Waals surface area contributed by atoms with E-state index in [2.05, 4.69) is 10.3 Å². The van der Waals surface area contributed by atoms with Crippen LogP contribution >= 0.6 is 11.3 Å². The molecular formula is C20H24N4O4S. The van der Waals surface area contributed by atoms with Gasteiger partial charge in [-0.15, -0.1) is 11.3 Å². The molecule has 1 saturated carbocycles. The minimum atomic E-state index is -0.493. The van der Waals surface area contributed by atoms with E-state index in [1.807, 2.05) is 0 Å². The zero-order valence-corrected chi connectivity index (χ0v) is 17.1. The lowest BCUT2D eigenvalue weighted by atomic mass is 9.89. The molecule has 2 amide bonds. The van der Waals surface area contributed by atoms with Crippen LogP contribution in [0.2, 0.25) is 0 Å². The molecule has 0 spiro atoms. The van der Waals surface area contributed by atoms with Crippen LogP contribution in [-0.2, 0) is 4.79 Å². The summed E-state index contributed by atoms with van der Waals surface area (Å²) in [7, 11) is 0. The molecule has 1 fully saturated rings. The number of anilines is 1. The quantitative estimate of drug-likeness (QED) is 0.542. The monoisotopic (exact) mass is 416 g/mol. The molecule has 0 saturated heterocycles. The van der Waals surface area contributed by atoms with E-state index in [0.29, 0.717) is 23.2 Å². The van der Waals surface area contributed by atoms with Crippen molar-refractivity contribution >= 4 is 34.0 Å². The fraction of sp³-hybridized carbons (Fsp3) is 0.450. The van der Waals surface area contributed by atoms with Crippen LogP contribution in [-0.4, -0.2) is 39.7 Å². The number of thiazole rings is 1. The molecule has 0 aliphatic heterocycles. The van der Waals surface area contributed by atoms with E-state index >= 15 is 0 Å². The van der Waals surface area contributed by atoms with Gasteiger partial charge in [0.25, 0.3) is 11.6 Å². The maximum Gasteiger partial charge on any atom is 0.273 e. The lowest BCUT2D eigenvalue weighted by Crippen LogP contribution is -2.41. The molecule has 1 heterocycles. The molecule has 154 valence electrons. The molecule has 1 aromatic carbocycles. The third-order valence-corrected chi connectivity index (χ3v) is 5.84. The second kappa shape index (κ2) is 9.60. The number of carbonyl (C=O) groups is 2.